The molecular weight excluding hydrogens is 392 g/mol. The molecule has 0 heterocycles. The number of nitrogens with one attached hydrogen (secondary N) is 2. The van der Waals surface area contributed by atoms with Crippen LogP contribution in [0.1, 0.15) is 39.5 Å². The molecule has 0 radical (unpaired) electrons. The molecule has 0 aliphatic heterocycles. The van der Waals surface area contributed by atoms with Gasteiger partial charge in [-0.3, -0.25) is 29.6 Å². The number of aliphatic carboxylic acids is 1. The lowest BCUT2D eigenvalue weighted by atomic mass is 10.2. The van der Waals surface area contributed by atoms with E-state index < -0.39 is 17.8 Å². The molecule has 0 saturated carbocycles. The molecule has 10 nitrogen and oxygen atoms in total. The number of hydrogen-bond donors (Lipinski definition) is 4. The lowest BCUT2D eigenvalue weighted by Crippen LogP contribution is -2.50. The second-order valence-corrected chi connectivity index (χ2v) is 7.13. The van der Waals surface area contributed by atoms with Gasteiger partial charge in [0.25, 0.3) is 5.91 Å². The molecule has 1 aromatic rings. The molecule has 0 spiro atoms. The second-order valence-electron chi connectivity index (χ2n) is 7.13. The number of anilines is 1. The van der Waals surface area contributed by atoms with Crippen LogP contribution in [0.15, 0.2) is 24.3 Å². The summed E-state index contributed by atoms with van der Waals surface area (Å²) in [4.78, 5) is 45.8. The van der Waals surface area contributed by atoms with E-state index in [4.69, 9.17) is 15.6 Å². The maximum absolute atomic E-state index is 12.6. The van der Waals surface area contributed by atoms with Crippen molar-refractivity contribution in [2.24, 2.45) is 11.7 Å². The van der Waals surface area contributed by atoms with E-state index in [0.29, 0.717) is 24.4 Å². The average molecular weight is 422 g/mol. The standard InChI is InChI=1S/C20H30N4O6/c1-14(2)13-24(23-18(26)9-8-17(21)25)19(27)12-22-15-5-3-6-16(11-15)30-10-4-7-20(28)29/h3,5-6,11,14,22H,4,7-10,12-13H2,1-2H3,(H2,21,25)(H,23,26)(H,28,29). The van der Waals surface area contributed by atoms with Crippen LogP contribution in [-0.4, -0.2) is 53.5 Å². The van der Waals surface area contributed by atoms with Gasteiger partial charge in [0.1, 0.15) is 5.75 Å². The molecule has 30 heavy (non-hydrogen) atoms. The van der Waals surface area contributed by atoms with Crippen LogP contribution in [0.3, 0.4) is 0 Å². The van der Waals surface area contributed by atoms with Gasteiger partial charge in [-0.15, -0.1) is 0 Å². The van der Waals surface area contributed by atoms with E-state index in [1.54, 1.807) is 24.3 Å². The minimum absolute atomic E-state index is 0.0310. The molecule has 0 bridgehead atoms. The summed E-state index contributed by atoms with van der Waals surface area (Å²) in [6.45, 7) is 4.35. The molecule has 0 unspecified atom stereocenters. The second kappa shape index (κ2) is 13.0. The number of ether oxygens (including phenoxy) is 1. The van der Waals surface area contributed by atoms with Gasteiger partial charge in [-0.1, -0.05) is 19.9 Å². The van der Waals surface area contributed by atoms with E-state index in [9.17, 15) is 19.2 Å². The predicted molar refractivity (Wildman–Crippen MR) is 110 cm³/mol. The van der Waals surface area contributed by atoms with Crippen molar-refractivity contribution in [2.75, 3.05) is 25.0 Å². The Morgan fingerprint density at radius 1 is 1.17 bits per heavy atom. The lowest BCUT2D eigenvalue weighted by molar-refractivity contribution is -0.141. The van der Waals surface area contributed by atoms with Crippen molar-refractivity contribution >= 4 is 29.4 Å². The summed E-state index contributed by atoms with van der Waals surface area (Å²) >= 11 is 0. The van der Waals surface area contributed by atoms with Crippen molar-refractivity contribution in [3.05, 3.63) is 24.3 Å². The van der Waals surface area contributed by atoms with Crippen molar-refractivity contribution < 1.29 is 29.0 Å². The third kappa shape index (κ3) is 10.9. The van der Waals surface area contributed by atoms with E-state index in [1.165, 1.54) is 5.01 Å². The van der Waals surface area contributed by atoms with Gasteiger partial charge < -0.3 is 20.9 Å². The largest absolute Gasteiger partial charge is 0.494 e. The van der Waals surface area contributed by atoms with Gasteiger partial charge in [-0.05, 0) is 24.5 Å². The SMILES string of the molecule is CC(C)CN(NC(=O)CCC(N)=O)C(=O)CNc1cccc(OCCCC(=O)O)c1. The summed E-state index contributed by atoms with van der Waals surface area (Å²) in [6.07, 6.45) is 0.243. The zero-order valence-electron chi connectivity index (χ0n) is 17.3. The number of carbonyl (C=O) groups excluding carboxylic acids is 3. The summed E-state index contributed by atoms with van der Waals surface area (Å²) in [5, 5.41) is 12.8. The first-order valence-corrected chi connectivity index (χ1v) is 9.74. The van der Waals surface area contributed by atoms with Crippen LogP contribution in [0.2, 0.25) is 0 Å². The van der Waals surface area contributed by atoms with Gasteiger partial charge >= 0.3 is 5.97 Å². The molecule has 0 atom stereocenters. The first-order valence-electron chi connectivity index (χ1n) is 9.74. The number of carboxylic acid groups (broad SMARTS) is 1. The summed E-state index contributed by atoms with van der Waals surface area (Å²) in [5.74, 6) is -1.59. The molecule has 0 fully saturated rings. The van der Waals surface area contributed by atoms with Gasteiger partial charge in [-0.2, -0.15) is 0 Å². The molecule has 10 heteroatoms. The summed E-state index contributed by atoms with van der Waals surface area (Å²) in [7, 11) is 0. The van der Waals surface area contributed by atoms with Gasteiger partial charge in [0.2, 0.25) is 11.8 Å². The minimum Gasteiger partial charge on any atom is -0.494 e. The van der Waals surface area contributed by atoms with Crippen molar-refractivity contribution in [3.63, 3.8) is 0 Å². The number of carbonyl (C=O) groups is 4. The highest BCUT2D eigenvalue weighted by Gasteiger charge is 2.18. The van der Waals surface area contributed by atoms with E-state index in [-0.39, 0.29) is 44.2 Å². The number of carboxylic acids is 1. The summed E-state index contributed by atoms with van der Waals surface area (Å²) in [5.41, 5.74) is 8.20. The highest BCUT2D eigenvalue weighted by Crippen LogP contribution is 2.17. The minimum atomic E-state index is -0.875. The molecule has 0 saturated heterocycles. The number of primary amides is 1. The van der Waals surface area contributed by atoms with Crippen molar-refractivity contribution in [2.45, 2.75) is 39.5 Å². The van der Waals surface area contributed by atoms with Gasteiger partial charge in [-0.25, -0.2) is 0 Å². The number of hydrazine groups is 1. The number of benzene rings is 1. The molecular formula is C20H30N4O6. The predicted octanol–water partition coefficient (Wildman–Crippen LogP) is 1.12. The van der Waals surface area contributed by atoms with Crippen LogP contribution in [0, 0.1) is 5.92 Å². The van der Waals surface area contributed by atoms with Crippen LogP contribution < -0.4 is 21.2 Å². The number of rotatable bonds is 13. The molecule has 1 aromatic carbocycles. The molecule has 3 amide bonds. The van der Waals surface area contributed by atoms with Crippen LogP contribution in [-0.2, 0) is 19.2 Å². The molecule has 5 N–H and O–H groups in total. The van der Waals surface area contributed by atoms with Gasteiger partial charge in [0.15, 0.2) is 0 Å². The van der Waals surface area contributed by atoms with Gasteiger partial charge in [0, 0.05) is 37.6 Å². The Morgan fingerprint density at radius 3 is 2.53 bits per heavy atom. The molecule has 0 aromatic heterocycles. The Hall–Kier alpha value is -3.30. The van der Waals surface area contributed by atoms with Crippen molar-refractivity contribution in [3.8, 4) is 5.75 Å². The molecule has 0 aliphatic carbocycles. The zero-order chi connectivity index (χ0) is 22.5. The fraction of sp³-hybridized carbons (Fsp3) is 0.500. The fourth-order valence-corrected chi connectivity index (χ4v) is 2.40. The maximum atomic E-state index is 12.6. The summed E-state index contributed by atoms with van der Waals surface area (Å²) < 4.78 is 5.51. The zero-order valence-corrected chi connectivity index (χ0v) is 17.3. The van der Waals surface area contributed by atoms with E-state index in [1.807, 2.05) is 13.8 Å². The van der Waals surface area contributed by atoms with Crippen molar-refractivity contribution in [1.82, 2.24) is 10.4 Å². The lowest BCUT2D eigenvalue weighted by Gasteiger charge is -2.25. The van der Waals surface area contributed by atoms with Gasteiger partial charge in [0.05, 0.1) is 13.2 Å². The Balaban J connectivity index is 2.58. The maximum Gasteiger partial charge on any atom is 0.303 e. The highest BCUT2D eigenvalue weighted by atomic mass is 16.5. The number of nitrogens with two attached hydrogens (primary N) is 1. The molecule has 0 aliphatic rings. The fourth-order valence-electron chi connectivity index (χ4n) is 2.40. The Kier molecular flexibility index (Phi) is 10.7. The summed E-state index contributed by atoms with van der Waals surface area (Å²) in [6, 6.07) is 6.94. The van der Waals surface area contributed by atoms with E-state index in [2.05, 4.69) is 10.7 Å². The van der Waals surface area contributed by atoms with E-state index in [0.717, 1.165) is 0 Å². The van der Waals surface area contributed by atoms with Crippen LogP contribution in [0.25, 0.3) is 0 Å². The topological polar surface area (TPSA) is 151 Å². The number of nitrogens with zero attached hydrogens (tertiary/aromatic N) is 1. The molecule has 166 valence electrons. The van der Waals surface area contributed by atoms with Crippen LogP contribution in [0.5, 0.6) is 5.75 Å². The molecule has 1 rings (SSSR count). The third-order valence-electron chi connectivity index (χ3n) is 3.79. The third-order valence-corrected chi connectivity index (χ3v) is 3.79. The monoisotopic (exact) mass is 422 g/mol. The highest BCUT2D eigenvalue weighted by molar-refractivity contribution is 5.86. The smallest absolute Gasteiger partial charge is 0.303 e. The first kappa shape index (κ1) is 24.7. The van der Waals surface area contributed by atoms with Crippen molar-refractivity contribution in [1.29, 1.82) is 0 Å². The Morgan fingerprint density at radius 2 is 1.90 bits per heavy atom. The number of hydrogen-bond acceptors (Lipinski definition) is 6. The average Bonchev–Trinajstić information content (AvgIpc) is 2.67. The van der Waals surface area contributed by atoms with Crippen LogP contribution in [0.4, 0.5) is 5.69 Å². The quantitative estimate of drug-likeness (QED) is 0.275. The number of amides is 3. The van der Waals surface area contributed by atoms with Crippen LogP contribution >= 0.6 is 0 Å². The Bertz CT molecular complexity index is 738. The first-order chi connectivity index (χ1) is 14.2. The normalized spacial score (nSPS) is 10.4. The Labute approximate surface area is 175 Å². The van der Waals surface area contributed by atoms with E-state index >= 15 is 0 Å².